The standard InChI is InChI=1S/C24H31N3O3/c1-6-8-9-17(7-2)24(28)26-23-22(25-21-13-10-16(3)15-27(21)23)18-11-12-19(29-4)20(14-18)30-5/h10-15,17H,6-9H2,1-5H3,(H,26,28)/t17-/m0/s1. The summed E-state index contributed by atoms with van der Waals surface area (Å²) in [6.07, 6.45) is 5.82. The predicted octanol–water partition coefficient (Wildman–Crippen LogP) is 5.48. The largest absolute Gasteiger partial charge is 0.493 e. The molecule has 30 heavy (non-hydrogen) atoms. The maximum atomic E-state index is 13.1. The Kier molecular flexibility index (Phi) is 6.98. The molecule has 0 unspecified atom stereocenters. The quantitative estimate of drug-likeness (QED) is 0.508. The Hall–Kier alpha value is -3.02. The number of carbonyl (C=O) groups excluding carboxylic acids is 1. The molecule has 0 aliphatic heterocycles. The van der Waals surface area contributed by atoms with Crippen LogP contribution in [-0.4, -0.2) is 29.5 Å². The van der Waals surface area contributed by atoms with Crippen LogP contribution >= 0.6 is 0 Å². The van der Waals surface area contributed by atoms with Gasteiger partial charge >= 0.3 is 0 Å². The third-order valence-electron chi connectivity index (χ3n) is 5.43. The number of carbonyl (C=O) groups is 1. The number of unbranched alkanes of at least 4 members (excludes halogenated alkanes) is 1. The summed E-state index contributed by atoms with van der Waals surface area (Å²) in [4.78, 5) is 17.9. The molecule has 1 N–H and O–H groups in total. The van der Waals surface area contributed by atoms with Crippen LogP contribution in [0.3, 0.4) is 0 Å². The van der Waals surface area contributed by atoms with Crippen LogP contribution < -0.4 is 14.8 Å². The molecule has 1 atom stereocenters. The number of ether oxygens (including phenoxy) is 2. The lowest BCUT2D eigenvalue weighted by atomic mass is 9.98. The minimum absolute atomic E-state index is 0.0152. The number of imidazole rings is 1. The molecule has 0 spiro atoms. The van der Waals surface area contributed by atoms with Gasteiger partial charge in [0.2, 0.25) is 5.91 Å². The molecule has 0 fully saturated rings. The van der Waals surface area contributed by atoms with Crippen molar-refractivity contribution in [3.05, 3.63) is 42.1 Å². The zero-order valence-electron chi connectivity index (χ0n) is 18.5. The van der Waals surface area contributed by atoms with Gasteiger partial charge in [0.1, 0.15) is 17.2 Å². The molecule has 1 aromatic carbocycles. The molecule has 1 amide bonds. The van der Waals surface area contributed by atoms with E-state index < -0.39 is 0 Å². The third kappa shape index (κ3) is 4.42. The van der Waals surface area contributed by atoms with E-state index in [2.05, 4.69) is 19.2 Å². The first kappa shape index (κ1) is 21.7. The number of benzene rings is 1. The monoisotopic (exact) mass is 409 g/mol. The number of amides is 1. The van der Waals surface area contributed by atoms with Crippen LogP contribution in [0.1, 0.15) is 45.1 Å². The van der Waals surface area contributed by atoms with Crippen molar-refractivity contribution in [1.82, 2.24) is 9.38 Å². The smallest absolute Gasteiger partial charge is 0.228 e. The molecule has 6 heteroatoms. The van der Waals surface area contributed by atoms with Gasteiger partial charge in [-0.05, 0) is 49.6 Å². The molecule has 0 saturated heterocycles. The maximum absolute atomic E-state index is 13.1. The SMILES string of the molecule is CCCC[C@H](CC)C(=O)Nc1c(-c2ccc(OC)c(OC)c2)nc2ccc(C)cn12. The van der Waals surface area contributed by atoms with Crippen LogP contribution in [0.5, 0.6) is 11.5 Å². The number of anilines is 1. The number of pyridine rings is 1. The Morgan fingerprint density at radius 3 is 2.57 bits per heavy atom. The van der Waals surface area contributed by atoms with E-state index in [1.54, 1.807) is 14.2 Å². The fraction of sp³-hybridized carbons (Fsp3) is 0.417. The third-order valence-corrected chi connectivity index (χ3v) is 5.43. The van der Waals surface area contributed by atoms with E-state index in [1.807, 2.05) is 47.9 Å². The predicted molar refractivity (Wildman–Crippen MR) is 120 cm³/mol. The van der Waals surface area contributed by atoms with Crippen molar-refractivity contribution in [1.29, 1.82) is 0 Å². The van der Waals surface area contributed by atoms with Gasteiger partial charge in [-0.3, -0.25) is 9.20 Å². The van der Waals surface area contributed by atoms with Crippen LogP contribution in [0.15, 0.2) is 36.5 Å². The van der Waals surface area contributed by atoms with E-state index in [1.165, 1.54) is 0 Å². The Morgan fingerprint density at radius 1 is 1.13 bits per heavy atom. The van der Waals surface area contributed by atoms with Crippen LogP contribution in [0.2, 0.25) is 0 Å². The number of nitrogens with zero attached hydrogens (tertiary/aromatic N) is 2. The summed E-state index contributed by atoms with van der Waals surface area (Å²) >= 11 is 0. The number of nitrogens with one attached hydrogen (secondary N) is 1. The number of aryl methyl sites for hydroxylation is 1. The van der Waals surface area contributed by atoms with Crippen molar-refractivity contribution in [3.63, 3.8) is 0 Å². The van der Waals surface area contributed by atoms with Crippen LogP contribution in [0.25, 0.3) is 16.9 Å². The van der Waals surface area contributed by atoms with Crippen molar-refractivity contribution >= 4 is 17.4 Å². The lowest BCUT2D eigenvalue weighted by Gasteiger charge is -2.16. The fourth-order valence-electron chi connectivity index (χ4n) is 3.65. The minimum atomic E-state index is -0.0152. The van der Waals surface area contributed by atoms with Crippen molar-refractivity contribution < 1.29 is 14.3 Å². The summed E-state index contributed by atoms with van der Waals surface area (Å²) in [6.45, 7) is 6.23. The topological polar surface area (TPSA) is 64.9 Å². The Morgan fingerprint density at radius 2 is 1.90 bits per heavy atom. The number of fused-ring (bicyclic) bond motifs is 1. The Balaban J connectivity index is 2.08. The molecular formula is C24H31N3O3. The molecule has 160 valence electrons. The van der Waals surface area contributed by atoms with E-state index in [9.17, 15) is 4.79 Å². The molecule has 3 aromatic rings. The summed E-state index contributed by atoms with van der Waals surface area (Å²) in [5.74, 6) is 1.97. The second kappa shape index (κ2) is 9.65. The molecule has 6 nitrogen and oxygen atoms in total. The first-order valence-electron chi connectivity index (χ1n) is 10.5. The van der Waals surface area contributed by atoms with Gasteiger partial charge in [-0.2, -0.15) is 0 Å². The van der Waals surface area contributed by atoms with Gasteiger partial charge in [-0.1, -0.05) is 32.8 Å². The number of hydrogen-bond acceptors (Lipinski definition) is 4. The molecule has 2 aromatic heterocycles. The van der Waals surface area contributed by atoms with Crippen molar-refractivity contribution in [2.75, 3.05) is 19.5 Å². The number of hydrogen-bond donors (Lipinski definition) is 1. The highest BCUT2D eigenvalue weighted by atomic mass is 16.5. The van der Waals surface area contributed by atoms with Gasteiger partial charge in [0.05, 0.1) is 14.2 Å². The second-order valence-electron chi connectivity index (χ2n) is 7.55. The lowest BCUT2D eigenvalue weighted by Crippen LogP contribution is -2.23. The fourth-order valence-corrected chi connectivity index (χ4v) is 3.65. The Bertz CT molecular complexity index is 1030. The molecular weight excluding hydrogens is 378 g/mol. The molecule has 2 heterocycles. The molecule has 0 bridgehead atoms. The summed E-state index contributed by atoms with van der Waals surface area (Å²) in [5.41, 5.74) is 3.43. The zero-order chi connectivity index (χ0) is 21.7. The summed E-state index contributed by atoms with van der Waals surface area (Å²) in [7, 11) is 3.22. The number of methoxy groups -OCH3 is 2. The van der Waals surface area contributed by atoms with Gasteiger partial charge in [0.15, 0.2) is 11.5 Å². The number of aromatic nitrogens is 2. The molecule has 0 aliphatic carbocycles. The summed E-state index contributed by atoms with van der Waals surface area (Å²) < 4.78 is 12.8. The van der Waals surface area contributed by atoms with Gasteiger partial charge in [0.25, 0.3) is 0 Å². The van der Waals surface area contributed by atoms with Crippen molar-refractivity contribution in [2.24, 2.45) is 5.92 Å². The van der Waals surface area contributed by atoms with Crippen LogP contribution in [0, 0.1) is 12.8 Å². The van der Waals surface area contributed by atoms with Gasteiger partial charge in [-0.15, -0.1) is 0 Å². The average Bonchev–Trinajstić information content (AvgIpc) is 3.11. The highest BCUT2D eigenvalue weighted by molar-refractivity contribution is 5.96. The highest BCUT2D eigenvalue weighted by Gasteiger charge is 2.22. The normalized spacial score (nSPS) is 12.0. The van der Waals surface area contributed by atoms with Crippen LogP contribution in [0.4, 0.5) is 5.82 Å². The van der Waals surface area contributed by atoms with Gasteiger partial charge < -0.3 is 14.8 Å². The van der Waals surface area contributed by atoms with E-state index in [0.717, 1.165) is 42.5 Å². The summed E-state index contributed by atoms with van der Waals surface area (Å²) in [6, 6.07) is 9.65. The maximum Gasteiger partial charge on any atom is 0.228 e. The van der Waals surface area contributed by atoms with E-state index in [4.69, 9.17) is 14.5 Å². The van der Waals surface area contributed by atoms with Crippen LogP contribution in [-0.2, 0) is 4.79 Å². The van der Waals surface area contributed by atoms with Crippen molar-refractivity contribution in [3.8, 4) is 22.8 Å². The molecule has 3 rings (SSSR count). The highest BCUT2D eigenvalue weighted by Crippen LogP contribution is 2.36. The minimum Gasteiger partial charge on any atom is -0.493 e. The van der Waals surface area contributed by atoms with Gasteiger partial charge in [0, 0.05) is 17.7 Å². The molecule has 0 radical (unpaired) electrons. The Labute approximate surface area is 178 Å². The first-order chi connectivity index (χ1) is 14.5. The first-order valence-corrected chi connectivity index (χ1v) is 10.5. The second-order valence-corrected chi connectivity index (χ2v) is 7.55. The summed E-state index contributed by atoms with van der Waals surface area (Å²) in [5, 5.41) is 3.17. The molecule has 0 aliphatic rings. The van der Waals surface area contributed by atoms with E-state index >= 15 is 0 Å². The number of rotatable bonds is 9. The van der Waals surface area contributed by atoms with E-state index in [0.29, 0.717) is 23.0 Å². The average molecular weight is 410 g/mol. The lowest BCUT2D eigenvalue weighted by molar-refractivity contribution is -0.120. The van der Waals surface area contributed by atoms with Crippen molar-refractivity contribution in [2.45, 2.75) is 46.5 Å². The molecule has 0 saturated carbocycles. The van der Waals surface area contributed by atoms with E-state index in [-0.39, 0.29) is 11.8 Å². The van der Waals surface area contributed by atoms with Gasteiger partial charge in [-0.25, -0.2) is 4.98 Å². The zero-order valence-corrected chi connectivity index (χ0v) is 18.5.